The lowest BCUT2D eigenvalue weighted by atomic mass is 10.1. The van der Waals surface area contributed by atoms with Gasteiger partial charge in [-0.05, 0) is 24.3 Å². The van der Waals surface area contributed by atoms with Crippen molar-refractivity contribution in [1.29, 1.82) is 0 Å². The maximum atomic E-state index is 12.2. The van der Waals surface area contributed by atoms with Crippen LogP contribution in [0.3, 0.4) is 0 Å². The normalized spacial score (nSPS) is 10.6. The smallest absolute Gasteiger partial charge is 0.255 e. The van der Waals surface area contributed by atoms with Crippen LogP contribution in [0.25, 0.3) is 10.8 Å². The Bertz CT molecular complexity index is 822. The Morgan fingerprint density at radius 1 is 0.905 bits per heavy atom. The van der Waals surface area contributed by atoms with Crippen LogP contribution in [0.4, 0.5) is 5.69 Å². The zero-order valence-electron chi connectivity index (χ0n) is 10.7. The Labute approximate surface area is 130 Å². The van der Waals surface area contributed by atoms with Crippen molar-refractivity contribution in [1.82, 2.24) is 10.2 Å². The molecule has 2 aromatic carbocycles. The molecule has 0 radical (unpaired) electrons. The van der Waals surface area contributed by atoms with Crippen LogP contribution in [0, 0.1) is 0 Å². The van der Waals surface area contributed by atoms with Crippen molar-refractivity contribution >= 4 is 45.6 Å². The molecule has 0 aliphatic rings. The van der Waals surface area contributed by atoms with Crippen LogP contribution in [0.15, 0.2) is 48.5 Å². The first-order valence-corrected chi connectivity index (χ1v) is 6.88. The molecule has 0 aliphatic heterocycles. The van der Waals surface area contributed by atoms with E-state index in [2.05, 4.69) is 15.5 Å². The van der Waals surface area contributed by atoms with Gasteiger partial charge in [0.1, 0.15) is 0 Å². The molecule has 0 aliphatic carbocycles. The highest BCUT2D eigenvalue weighted by Crippen LogP contribution is 2.27. The molecule has 6 heteroatoms. The summed E-state index contributed by atoms with van der Waals surface area (Å²) in [5.41, 5.74) is 1.19. The molecular weight excluding hydrogens is 309 g/mol. The third-order valence-corrected chi connectivity index (χ3v) is 3.54. The number of benzene rings is 2. The van der Waals surface area contributed by atoms with E-state index >= 15 is 0 Å². The first kappa shape index (κ1) is 13.8. The number of amides is 1. The number of carbonyl (C=O) groups excluding carboxylic acids is 1. The summed E-state index contributed by atoms with van der Waals surface area (Å²) in [6.07, 6.45) is 0. The van der Waals surface area contributed by atoms with Crippen LogP contribution < -0.4 is 5.32 Å². The quantitative estimate of drug-likeness (QED) is 0.771. The molecule has 0 saturated heterocycles. The Morgan fingerprint density at radius 3 is 2.29 bits per heavy atom. The number of fused-ring (bicyclic) bond motifs is 1. The number of hydrogen-bond acceptors (Lipinski definition) is 3. The summed E-state index contributed by atoms with van der Waals surface area (Å²) in [5.74, 6) is -0.230. The molecule has 104 valence electrons. The first-order chi connectivity index (χ1) is 10.1. The number of para-hydroxylation sites is 1. The van der Waals surface area contributed by atoms with Gasteiger partial charge in [0.25, 0.3) is 5.91 Å². The fourth-order valence-corrected chi connectivity index (χ4v) is 2.35. The molecule has 0 spiro atoms. The van der Waals surface area contributed by atoms with Gasteiger partial charge in [0, 0.05) is 22.0 Å². The van der Waals surface area contributed by atoms with Gasteiger partial charge in [-0.1, -0.05) is 47.5 Å². The molecule has 1 heterocycles. The Hall–Kier alpha value is -2.17. The molecule has 0 saturated carbocycles. The second kappa shape index (κ2) is 5.68. The zero-order chi connectivity index (χ0) is 14.8. The standard InChI is InChI=1S/C15H9Cl2N3O/c16-13-11-7-6-9(8-12(11)14(17)20-19-13)15(21)18-10-4-2-1-3-5-10/h1-8H,(H,18,21). The van der Waals surface area contributed by atoms with Gasteiger partial charge in [-0.2, -0.15) is 0 Å². The van der Waals surface area contributed by atoms with E-state index in [4.69, 9.17) is 23.2 Å². The lowest BCUT2D eigenvalue weighted by Crippen LogP contribution is -2.11. The van der Waals surface area contributed by atoms with E-state index in [0.717, 1.165) is 5.69 Å². The maximum Gasteiger partial charge on any atom is 0.255 e. The fraction of sp³-hybridized carbons (Fsp3) is 0. The highest BCUT2D eigenvalue weighted by Gasteiger charge is 2.11. The molecule has 1 N–H and O–H groups in total. The van der Waals surface area contributed by atoms with Crippen LogP contribution in [0.1, 0.15) is 10.4 Å². The highest BCUT2D eigenvalue weighted by atomic mass is 35.5. The predicted molar refractivity (Wildman–Crippen MR) is 84.0 cm³/mol. The van der Waals surface area contributed by atoms with E-state index in [0.29, 0.717) is 16.3 Å². The molecule has 0 fully saturated rings. The van der Waals surface area contributed by atoms with Crippen LogP contribution in [0.5, 0.6) is 0 Å². The SMILES string of the molecule is O=C(Nc1ccccc1)c1ccc2c(Cl)nnc(Cl)c2c1. The van der Waals surface area contributed by atoms with Crippen LogP contribution in [-0.2, 0) is 0 Å². The van der Waals surface area contributed by atoms with Crippen molar-refractivity contribution in [3.05, 3.63) is 64.4 Å². The monoisotopic (exact) mass is 317 g/mol. The lowest BCUT2D eigenvalue weighted by Gasteiger charge is -2.07. The molecule has 0 atom stereocenters. The summed E-state index contributed by atoms with van der Waals surface area (Å²) in [6, 6.07) is 14.2. The third-order valence-electron chi connectivity index (χ3n) is 2.98. The Morgan fingerprint density at radius 2 is 1.57 bits per heavy atom. The van der Waals surface area contributed by atoms with Gasteiger partial charge in [0.15, 0.2) is 10.3 Å². The topological polar surface area (TPSA) is 54.9 Å². The van der Waals surface area contributed by atoms with Crippen molar-refractivity contribution < 1.29 is 4.79 Å². The van der Waals surface area contributed by atoms with Crippen molar-refractivity contribution in [2.24, 2.45) is 0 Å². The third kappa shape index (κ3) is 2.82. The van der Waals surface area contributed by atoms with E-state index in [1.807, 2.05) is 30.3 Å². The number of rotatable bonds is 2. The minimum atomic E-state index is -0.230. The summed E-state index contributed by atoms with van der Waals surface area (Å²) < 4.78 is 0. The number of nitrogens with zero attached hydrogens (tertiary/aromatic N) is 2. The average Bonchev–Trinajstić information content (AvgIpc) is 2.52. The van der Waals surface area contributed by atoms with Crippen LogP contribution in [0.2, 0.25) is 10.3 Å². The van der Waals surface area contributed by atoms with Gasteiger partial charge in [-0.15, -0.1) is 10.2 Å². The molecule has 3 aromatic rings. The second-order valence-corrected chi connectivity index (χ2v) is 5.08. The summed E-state index contributed by atoms with van der Waals surface area (Å²) in [5, 5.41) is 12.0. The van der Waals surface area contributed by atoms with E-state index in [9.17, 15) is 4.79 Å². The largest absolute Gasteiger partial charge is 0.322 e. The number of carbonyl (C=O) groups is 1. The number of nitrogens with one attached hydrogen (secondary N) is 1. The number of hydrogen-bond donors (Lipinski definition) is 1. The van der Waals surface area contributed by atoms with Gasteiger partial charge in [0.05, 0.1) is 0 Å². The van der Waals surface area contributed by atoms with Gasteiger partial charge in [-0.3, -0.25) is 4.79 Å². The van der Waals surface area contributed by atoms with E-state index < -0.39 is 0 Å². The van der Waals surface area contributed by atoms with Crippen LogP contribution >= 0.6 is 23.2 Å². The van der Waals surface area contributed by atoms with Crippen LogP contribution in [-0.4, -0.2) is 16.1 Å². The first-order valence-electron chi connectivity index (χ1n) is 6.13. The van der Waals surface area contributed by atoms with Gasteiger partial charge in [0.2, 0.25) is 0 Å². The maximum absolute atomic E-state index is 12.2. The molecule has 0 bridgehead atoms. The Balaban J connectivity index is 1.98. The molecular formula is C15H9Cl2N3O. The van der Waals surface area contributed by atoms with Crippen molar-refractivity contribution in [3.8, 4) is 0 Å². The number of aromatic nitrogens is 2. The second-order valence-electron chi connectivity index (χ2n) is 4.36. The molecule has 1 aromatic heterocycles. The Kier molecular flexibility index (Phi) is 3.73. The van der Waals surface area contributed by atoms with E-state index in [1.54, 1.807) is 18.2 Å². The molecule has 21 heavy (non-hydrogen) atoms. The van der Waals surface area contributed by atoms with E-state index in [-0.39, 0.29) is 16.2 Å². The van der Waals surface area contributed by atoms with Gasteiger partial charge >= 0.3 is 0 Å². The summed E-state index contributed by atoms with van der Waals surface area (Å²) in [6.45, 7) is 0. The molecule has 4 nitrogen and oxygen atoms in total. The van der Waals surface area contributed by atoms with E-state index in [1.165, 1.54) is 0 Å². The number of halogens is 2. The summed E-state index contributed by atoms with van der Waals surface area (Å²) in [4.78, 5) is 12.2. The molecule has 1 amide bonds. The summed E-state index contributed by atoms with van der Waals surface area (Å²) >= 11 is 12.0. The molecule has 0 unspecified atom stereocenters. The number of anilines is 1. The van der Waals surface area contributed by atoms with Crippen molar-refractivity contribution in [2.45, 2.75) is 0 Å². The highest BCUT2D eigenvalue weighted by molar-refractivity contribution is 6.38. The van der Waals surface area contributed by atoms with Crippen molar-refractivity contribution in [3.63, 3.8) is 0 Å². The van der Waals surface area contributed by atoms with Gasteiger partial charge in [-0.25, -0.2) is 0 Å². The van der Waals surface area contributed by atoms with Crippen molar-refractivity contribution in [2.75, 3.05) is 5.32 Å². The average molecular weight is 318 g/mol. The van der Waals surface area contributed by atoms with Gasteiger partial charge < -0.3 is 5.32 Å². The lowest BCUT2D eigenvalue weighted by molar-refractivity contribution is 0.102. The molecule has 3 rings (SSSR count). The zero-order valence-corrected chi connectivity index (χ0v) is 12.2. The predicted octanol–water partition coefficient (Wildman–Crippen LogP) is 4.19. The minimum absolute atomic E-state index is 0.212. The summed E-state index contributed by atoms with van der Waals surface area (Å²) in [7, 11) is 0. The minimum Gasteiger partial charge on any atom is -0.322 e. The fourth-order valence-electron chi connectivity index (χ4n) is 1.96.